The van der Waals surface area contributed by atoms with Crippen LogP contribution in [0.1, 0.15) is 98.3 Å². The highest BCUT2D eigenvalue weighted by molar-refractivity contribution is 6.00. The highest BCUT2D eigenvalue weighted by Gasteiger charge is 2.36. The third kappa shape index (κ3) is 6.72. The molecule has 1 aromatic carbocycles. The summed E-state index contributed by atoms with van der Waals surface area (Å²) in [5.41, 5.74) is 15.4. The molecule has 2 aromatic rings. The fraction of sp³-hybridized carbons (Fsp3) is 0.600. The van der Waals surface area contributed by atoms with E-state index in [0.717, 1.165) is 61.2 Å². The van der Waals surface area contributed by atoms with Gasteiger partial charge in [-0.25, -0.2) is 4.68 Å². The Morgan fingerprint density at radius 1 is 1.20 bits per heavy atom. The number of Topliss-reactive ketones (excluding diaryl/α,β-unsaturated/α-hetero) is 1. The topological polar surface area (TPSA) is 154 Å². The van der Waals surface area contributed by atoms with Crippen molar-refractivity contribution in [3.63, 3.8) is 0 Å². The molecule has 1 aromatic heterocycles. The molecular formula is C30H44N6O4. The van der Waals surface area contributed by atoms with Crippen molar-refractivity contribution in [2.75, 3.05) is 18.4 Å². The van der Waals surface area contributed by atoms with Gasteiger partial charge in [0.25, 0.3) is 5.91 Å². The van der Waals surface area contributed by atoms with Crippen molar-refractivity contribution >= 4 is 23.3 Å². The van der Waals surface area contributed by atoms with Gasteiger partial charge in [0.1, 0.15) is 12.1 Å². The second kappa shape index (κ2) is 12.5. The molecule has 0 spiro atoms. The van der Waals surface area contributed by atoms with Crippen LogP contribution in [0.25, 0.3) is 5.69 Å². The van der Waals surface area contributed by atoms with Crippen LogP contribution >= 0.6 is 0 Å². The number of ether oxygens (including phenoxy) is 1. The lowest BCUT2D eigenvalue weighted by atomic mass is 9.75. The van der Waals surface area contributed by atoms with Gasteiger partial charge in [-0.15, -0.1) is 0 Å². The van der Waals surface area contributed by atoms with E-state index in [1.54, 1.807) is 6.07 Å². The van der Waals surface area contributed by atoms with Crippen molar-refractivity contribution < 1.29 is 19.1 Å². The molecule has 6 N–H and O–H groups in total. The number of hydrogen-bond acceptors (Lipinski definition) is 8. The van der Waals surface area contributed by atoms with Gasteiger partial charge in [-0.2, -0.15) is 5.10 Å². The molecular weight excluding hydrogens is 508 g/mol. The average molecular weight is 553 g/mol. The maximum Gasteiger partial charge on any atom is 0.323 e. The van der Waals surface area contributed by atoms with E-state index in [2.05, 4.69) is 24.5 Å². The molecule has 1 fully saturated rings. The Morgan fingerprint density at radius 3 is 2.58 bits per heavy atom. The first-order valence-electron chi connectivity index (χ1n) is 14.5. The first-order chi connectivity index (χ1) is 19.0. The second-order valence-electron chi connectivity index (χ2n) is 11.9. The monoisotopic (exact) mass is 552 g/mol. The van der Waals surface area contributed by atoms with Gasteiger partial charge < -0.3 is 26.8 Å². The Bertz CT molecular complexity index is 1250. The number of primary amides is 1. The Labute approximate surface area is 236 Å². The maximum atomic E-state index is 13.0. The normalized spacial score (nSPS) is 21.0. The molecule has 0 unspecified atom stereocenters. The minimum atomic E-state index is -0.513. The van der Waals surface area contributed by atoms with Crippen molar-refractivity contribution in [3.05, 3.63) is 40.7 Å². The molecule has 10 heteroatoms. The van der Waals surface area contributed by atoms with Gasteiger partial charge in [-0.3, -0.25) is 14.4 Å². The van der Waals surface area contributed by atoms with Gasteiger partial charge in [-0.05, 0) is 88.6 Å². The largest absolute Gasteiger partial charge is 0.461 e. The number of ketones is 1. The van der Waals surface area contributed by atoms with Crippen molar-refractivity contribution in [3.8, 4) is 5.69 Å². The average Bonchev–Trinajstić information content (AvgIpc) is 3.27. The van der Waals surface area contributed by atoms with Crippen LogP contribution in [0.15, 0.2) is 18.2 Å². The van der Waals surface area contributed by atoms with E-state index in [4.69, 9.17) is 21.3 Å². The van der Waals surface area contributed by atoms with Gasteiger partial charge in [-0.1, -0.05) is 20.8 Å². The summed E-state index contributed by atoms with van der Waals surface area (Å²) in [5.74, 6) is -0.617. The fourth-order valence-corrected chi connectivity index (χ4v) is 5.80. The summed E-state index contributed by atoms with van der Waals surface area (Å²) in [6.45, 7) is 9.28. The van der Waals surface area contributed by atoms with Crippen LogP contribution in [-0.2, 0) is 22.4 Å². The van der Waals surface area contributed by atoms with Gasteiger partial charge in [0.15, 0.2) is 5.78 Å². The number of benzene rings is 1. The van der Waals surface area contributed by atoms with E-state index in [1.807, 2.05) is 30.7 Å². The van der Waals surface area contributed by atoms with Crippen LogP contribution in [0.5, 0.6) is 0 Å². The quantitative estimate of drug-likeness (QED) is 0.245. The first-order valence-corrected chi connectivity index (χ1v) is 14.5. The van der Waals surface area contributed by atoms with Gasteiger partial charge in [0.05, 0.1) is 28.2 Å². The highest BCUT2D eigenvalue weighted by atomic mass is 16.5. The predicted octanol–water partition coefficient (Wildman–Crippen LogP) is 3.28. The predicted molar refractivity (Wildman–Crippen MR) is 155 cm³/mol. The maximum absolute atomic E-state index is 13.0. The first kappa shape index (κ1) is 29.7. The van der Waals surface area contributed by atoms with Crippen LogP contribution in [0.3, 0.4) is 0 Å². The van der Waals surface area contributed by atoms with Crippen LogP contribution in [0.4, 0.5) is 5.69 Å². The van der Waals surface area contributed by atoms with Crippen LogP contribution in [-0.4, -0.2) is 58.7 Å². The summed E-state index contributed by atoms with van der Waals surface area (Å²) in [7, 11) is 0. The zero-order valence-corrected chi connectivity index (χ0v) is 24.2. The lowest BCUT2D eigenvalue weighted by Gasteiger charge is -2.31. The number of carbonyl (C=O) groups is 3. The summed E-state index contributed by atoms with van der Waals surface area (Å²) < 4.78 is 7.60. The molecule has 2 aliphatic carbocycles. The van der Waals surface area contributed by atoms with E-state index < -0.39 is 5.91 Å². The number of hydrogen-bond donors (Lipinski definition) is 4. The minimum absolute atomic E-state index is 0.0988. The zero-order chi connectivity index (χ0) is 29.0. The van der Waals surface area contributed by atoms with Gasteiger partial charge in [0, 0.05) is 18.2 Å². The van der Waals surface area contributed by atoms with Crippen LogP contribution < -0.4 is 22.1 Å². The number of anilines is 1. The van der Waals surface area contributed by atoms with E-state index in [0.29, 0.717) is 37.2 Å². The number of carbonyl (C=O) groups excluding carboxylic acids is 3. The number of aromatic nitrogens is 2. The highest BCUT2D eigenvalue weighted by Crippen LogP contribution is 2.38. The molecule has 1 saturated carbocycles. The molecule has 0 bridgehead atoms. The summed E-state index contributed by atoms with van der Waals surface area (Å²) in [6.07, 6.45) is 5.63. The molecule has 1 atom stereocenters. The standard InChI is InChI=1S/C30H44N6O4/c1-5-23-27-25(16-30(3,4)17-26(27)37)36(35-23)20-9-12-22(28(32)38)24(15-20)34-19-7-10-21(11-8-19)40-29(39)18(2)33-14-6-13-31/h9,12,15,18-19,21,33-34H,5-8,10-11,13-14,16-17,31H2,1-4H3,(H2,32,38)/t18-,19?,21?/m0/s1. The molecule has 0 saturated heterocycles. The van der Waals surface area contributed by atoms with E-state index in [-0.39, 0.29) is 35.4 Å². The number of fused-ring (bicyclic) bond motifs is 1. The van der Waals surface area contributed by atoms with Crippen molar-refractivity contribution in [2.24, 2.45) is 16.9 Å². The number of nitrogens with two attached hydrogens (primary N) is 2. The molecule has 40 heavy (non-hydrogen) atoms. The van der Waals surface area contributed by atoms with Gasteiger partial charge >= 0.3 is 5.97 Å². The summed E-state index contributed by atoms with van der Waals surface area (Å²) >= 11 is 0. The third-order valence-electron chi connectivity index (χ3n) is 7.97. The fourth-order valence-electron chi connectivity index (χ4n) is 5.80. The molecule has 1 heterocycles. The number of nitrogens with one attached hydrogen (secondary N) is 2. The van der Waals surface area contributed by atoms with Crippen molar-refractivity contribution in [2.45, 2.75) is 97.2 Å². The van der Waals surface area contributed by atoms with Crippen molar-refractivity contribution in [1.29, 1.82) is 0 Å². The minimum Gasteiger partial charge on any atom is -0.461 e. The number of nitrogens with zero attached hydrogens (tertiary/aromatic N) is 2. The zero-order valence-electron chi connectivity index (χ0n) is 24.2. The molecule has 2 aliphatic rings. The Morgan fingerprint density at radius 2 is 1.93 bits per heavy atom. The van der Waals surface area contributed by atoms with Gasteiger partial charge in [0.2, 0.25) is 0 Å². The Balaban J connectivity index is 1.48. The number of aryl methyl sites for hydroxylation is 1. The van der Waals surface area contributed by atoms with E-state index in [9.17, 15) is 14.4 Å². The van der Waals surface area contributed by atoms with Crippen LogP contribution in [0, 0.1) is 5.41 Å². The van der Waals surface area contributed by atoms with E-state index >= 15 is 0 Å². The lowest BCUT2D eigenvalue weighted by molar-refractivity contribution is -0.152. The smallest absolute Gasteiger partial charge is 0.323 e. The number of rotatable bonds is 11. The summed E-state index contributed by atoms with van der Waals surface area (Å²) in [6, 6.07) is 5.19. The SMILES string of the molecule is CCc1nn(-c2ccc(C(N)=O)c(NC3CCC(OC(=O)[C@H](C)NCCCN)CC3)c2)c2c1C(=O)CC(C)(C)C2. The lowest BCUT2D eigenvalue weighted by Crippen LogP contribution is -2.39. The van der Waals surface area contributed by atoms with Crippen molar-refractivity contribution in [1.82, 2.24) is 15.1 Å². The second-order valence-corrected chi connectivity index (χ2v) is 11.9. The Hall–Kier alpha value is -3.24. The number of amides is 1. The molecule has 4 rings (SSSR count). The Kier molecular flexibility index (Phi) is 9.30. The molecule has 0 aliphatic heterocycles. The molecule has 1 amide bonds. The summed E-state index contributed by atoms with van der Waals surface area (Å²) in [5, 5.41) is 11.5. The molecule has 10 nitrogen and oxygen atoms in total. The van der Waals surface area contributed by atoms with E-state index in [1.165, 1.54) is 0 Å². The molecule has 218 valence electrons. The van der Waals surface area contributed by atoms with Crippen LogP contribution in [0.2, 0.25) is 0 Å². The third-order valence-corrected chi connectivity index (χ3v) is 7.97. The molecule has 0 radical (unpaired) electrons. The number of esters is 1. The summed E-state index contributed by atoms with van der Waals surface area (Å²) in [4.78, 5) is 37.8.